The van der Waals surface area contributed by atoms with Crippen LogP contribution in [0.4, 0.5) is 5.95 Å². The van der Waals surface area contributed by atoms with E-state index in [1.165, 1.54) is 12.8 Å². The highest BCUT2D eigenvalue weighted by atomic mass is 16.1. The standard InChI is InChI=1S/C17H27N7O/c1-23(2)16-19-10-12(11-20-16)9-18-14-7-5-4-6-13(14)8-15-21-22-17(25)24(15)3/h10-11,13-14,18H,4-9H2,1-3H3,(H,22,25)/t13-,14-/m1/s1. The second kappa shape index (κ2) is 7.77. The van der Waals surface area contributed by atoms with E-state index in [9.17, 15) is 4.79 Å². The Balaban J connectivity index is 1.61. The molecule has 1 fully saturated rings. The maximum absolute atomic E-state index is 11.6. The third kappa shape index (κ3) is 4.25. The first kappa shape index (κ1) is 17.6. The highest BCUT2D eigenvalue weighted by Gasteiger charge is 2.26. The van der Waals surface area contributed by atoms with Gasteiger partial charge in [-0.3, -0.25) is 4.57 Å². The predicted octanol–water partition coefficient (Wildman–Crippen LogP) is 0.856. The Bertz CT molecular complexity index is 734. The van der Waals surface area contributed by atoms with Crippen molar-refractivity contribution in [1.29, 1.82) is 0 Å². The molecule has 8 nitrogen and oxygen atoms in total. The topological polar surface area (TPSA) is 91.7 Å². The zero-order chi connectivity index (χ0) is 17.8. The van der Waals surface area contributed by atoms with Gasteiger partial charge in [0.05, 0.1) is 0 Å². The number of aromatic amines is 1. The summed E-state index contributed by atoms with van der Waals surface area (Å²) in [6.45, 7) is 0.758. The highest BCUT2D eigenvalue weighted by Crippen LogP contribution is 2.27. The Morgan fingerprint density at radius 3 is 2.64 bits per heavy atom. The van der Waals surface area contributed by atoms with Crippen LogP contribution in [-0.2, 0) is 20.0 Å². The monoisotopic (exact) mass is 345 g/mol. The molecule has 2 heterocycles. The third-order valence-corrected chi connectivity index (χ3v) is 4.99. The molecule has 0 saturated heterocycles. The Kier molecular flexibility index (Phi) is 5.47. The van der Waals surface area contributed by atoms with Crippen LogP contribution in [0.5, 0.6) is 0 Å². The molecule has 1 saturated carbocycles. The molecule has 136 valence electrons. The largest absolute Gasteiger partial charge is 0.347 e. The van der Waals surface area contributed by atoms with Crippen molar-refractivity contribution < 1.29 is 0 Å². The summed E-state index contributed by atoms with van der Waals surface area (Å²) in [5.74, 6) is 2.05. The van der Waals surface area contributed by atoms with Crippen molar-refractivity contribution in [2.45, 2.75) is 44.7 Å². The minimum Gasteiger partial charge on any atom is -0.347 e. The predicted molar refractivity (Wildman–Crippen MR) is 96.5 cm³/mol. The summed E-state index contributed by atoms with van der Waals surface area (Å²) in [5, 5.41) is 10.4. The van der Waals surface area contributed by atoms with E-state index < -0.39 is 0 Å². The van der Waals surface area contributed by atoms with E-state index in [4.69, 9.17) is 0 Å². The van der Waals surface area contributed by atoms with E-state index in [2.05, 4.69) is 25.5 Å². The van der Waals surface area contributed by atoms with Gasteiger partial charge in [-0.15, -0.1) is 0 Å². The van der Waals surface area contributed by atoms with Gasteiger partial charge in [0.25, 0.3) is 0 Å². The average molecular weight is 345 g/mol. The second-order valence-corrected chi connectivity index (χ2v) is 7.03. The normalized spacial score (nSPS) is 20.6. The molecule has 2 atom stereocenters. The van der Waals surface area contributed by atoms with Gasteiger partial charge in [-0.2, -0.15) is 5.10 Å². The molecule has 2 aromatic rings. The van der Waals surface area contributed by atoms with Gasteiger partial charge in [0, 0.05) is 58.1 Å². The Labute approximate surface area is 147 Å². The van der Waals surface area contributed by atoms with Crippen LogP contribution in [-0.4, -0.2) is 44.9 Å². The number of aromatic nitrogens is 5. The summed E-state index contributed by atoms with van der Waals surface area (Å²) in [6.07, 6.45) is 9.37. The molecule has 0 unspecified atom stereocenters. The van der Waals surface area contributed by atoms with Crippen molar-refractivity contribution in [3.8, 4) is 0 Å². The van der Waals surface area contributed by atoms with Gasteiger partial charge in [0.15, 0.2) is 0 Å². The number of rotatable bonds is 6. The van der Waals surface area contributed by atoms with Gasteiger partial charge in [0.1, 0.15) is 5.82 Å². The molecular weight excluding hydrogens is 318 g/mol. The highest BCUT2D eigenvalue weighted by molar-refractivity contribution is 5.26. The molecule has 0 bridgehead atoms. The van der Waals surface area contributed by atoms with E-state index >= 15 is 0 Å². The number of nitrogens with zero attached hydrogens (tertiary/aromatic N) is 5. The van der Waals surface area contributed by atoms with Crippen LogP contribution in [0.3, 0.4) is 0 Å². The molecule has 1 aliphatic carbocycles. The number of anilines is 1. The molecule has 1 aliphatic rings. The van der Waals surface area contributed by atoms with Crippen LogP contribution in [0.1, 0.15) is 37.1 Å². The lowest BCUT2D eigenvalue weighted by Gasteiger charge is -2.32. The second-order valence-electron chi connectivity index (χ2n) is 7.03. The maximum atomic E-state index is 11.6. The van der Waals surface area contributed by atoms with Gasteiger partial charge in [0.2, 0.25) is 5.95 Å². The summed E-state index contributed by atoms with van der Waals surface area (Å²) < 4.78 is 1.61. The van der Waals surface area contributed by atoms with Gasteiger partial charge in [-0.05, 0) is 18.8 Å². The van der Waals surface area contributed by atoms with Crippen LogP contribution in [0.15, 0.2) is 17.2 Å². The smallest absolute Gasteiger partial charge is 0.343 e. The summed E-state index contributed by atoms with van der Waals surface area (Å²) >= 11 is 0. The first-order chi connectivity index (χ1) is 12.0. The van der Waals surface area contributed by atoms with Crippen LogP contribution < -0.4 is 15.9 Å². The average Bonchev–Trinajstić information content (AvgIpc) is 2.93. The van der Waals surface area contributed by atoms with Crippen molar-refractivity contribution in [2.24, 2.45) is 13.0 Å². The van der Waals surface area contributed by atoms with Crippen molar-refractivity contribution in [3.05, 3.63) is 34.3 Å². The van der Waals surface area contributed by atoms with E-state index in [-0.39, 0.29) is 5.69 Å². The molecule has 0 amide bonds. The van der Waals surface area contributed by atoms with Crippen molar-refractivity contribution >= 4 is 5.95 Å². The Hall–Kier alpha value is -2.22. The molecule has 0 radical (unpaired) electrons. The molecule has 8 heteroatoms. The minimum atomic E-state index is -0.145. The first-order valence-electron chi connectivity index (χ1n) is 8.86. The lowest BCUT2D eigenvalue weighted by Crippen LogP contribution is -2.39. The quantitative estimate of drug-likeness (QED) is 0.807. The Morgan fingerprint density at radius 1 is 1.28 bits per heavy atom. The zero-order valence-corrected chi connectivity index (χ0v) is 15.2. The van der Waals surface area contributed by atoms with E-state index in [1.54, 1.807) is 11.6 Å². The van der Waals surface area contributed by atoms with Crippen LogP contribution in [0, 0.1) is 5.92 Å². The molecule has 3 rings (SSSR count). The van der Waals surface area contributed by atoms with E-state index in [0.717, 1.165) is 43.1 Å². The van der Waals surface area contributed by atoms with Gasteiger partial charge < -0.3 is 10.2 Å². The van der Waals surface area contributed by atoms with Crippen molar-refractivity contribution in [2.75, 3.05) is 19.0 Å². The van der Waals surface area contributed by atoms with Gasteiger partial charge in [-0.25, -0.2) is 19.9 Å². The summed E-state index contributed by atoms with van der Waals surface area (Å²) in [5.41, 5.74) is 0.940. The minimum absolute atomic E-state index is 0.145. The van der Waals surface area contributed by atoms with Crippen LogP contribution >= 0.6 is 0 Å². The summed E-state index contributed by atoms with van der Waals surface area (Å²) in [4.78, 5) is 22.2. The number of hydrogen-bond donors (Lipinski definition) is 2. The molecule has 0 aromatic carbocycles. The van der Waals surface area contributed by atoms with E-state index in [0.29, 0.717) is 12.0 Å². The summed E-state index contributed by atoms with van der Waals surface area (Å²) in [7, 11) is 5.64. The van der Waals surface area contributed by atoms with Gasteiger partial charge >= 0.3 is 5.69 Å². The molecular formula is C17H27N7O. The zero-order valence-electron chi connectivity index (χ0n) is 15.2. The maximum Gasteiger partial charge on any atom is 0.343 e. The molecule has 2 N–H and O–H groups in total. The fourth-order valence-corrected chi connectivity index (χ4v) is 3.44. The lowest BCUT2D eigenvalue weighted by molar-refractivity contribution is 0.254. The fraction of sp³-hybridized carbons (Fsp3) is 0.647. The number of H-pyrrole nitrogens is 1. The van der Waals surface area contributed by atoms with Crippen molar-refractivity contribution in [1.82, 2.24) is 30.0 Å². The summed E-state index contributed by atoms with van der Waals surface area (Å²) in [6, 6.07) is 0.425. The Morgan fingerprint density at radius 2 is 2.00 bits per heavy atom. The fourth-order valence-electron chi connectivity index (χ4n) is 3.44. The third-order valence-electron chi connectivity index (χ3n) is 4.99. The SMILES string of the molecule is CN(C)c1ncc(CN[C@@H]2CCCC[C@@H]2Cc2n[nH]c(=O)n2C)cn1. The molecule has 0 spiro atoms. The van der Waals surface area contributed by atoms with E-state index in [1.807, 2.05) is 31.4 Å². The van der Waals surface area contributed by atoms with Crippen LogP contribution in [0.2, 0.25) is 0 Å². The molecule has 2 aromatic heterocycles. The lowest BCUT2D eigenvalue weighted by atomic mass is 9.82. The van der Waals surface area contributed by atoms with Crippen molar-refractivity contribution in [3.63, 3.8) is 0 Å². The number of hydrogen-bond acceptors (Lipinski definition) is 6. The number of nitrogens with one attached hydrogen (secondary N) is 2. The van der Waals surface area contributed by atoms with Crippen LogP contribution in [0.25, 0.3) is 0 Å². The molecule has 0 aliphatic heterocycles. The first-order valence-corrected chi connectivity index (χ1v) is 8.86. The van der Waals surface area contributed by atoms with Gasteiger partial charge in [-0.1, -0.05) is 12.8 Å². The molecule has 25 heavy (non-hydrogen) atoms.